The minimum absolute atomic E-state index is 0.0167. The maximum absolute atomic E-state index is 16.3. The Labute approximate surface area is 581 Å². The Morgan fingerprint density at radius 2 is 1.09 bits per heavy atom. The number of nitrogens with zero attached hydrogens (tertiary/aromatic N) is 9. The van der Waals surface area contributed by atoms with E-state index in [2.05, 4.69) is 102 Å². The molecule has 26 heteroatoms. The first-order chi connectivity index (χ1) is 46.1. The summed E-state index contributed by atoms with van der Waals surface area (Å²) in [5.74, 6) is -2.25. The third-order valence-electron chi connectivity index (χ3n) is 21.6. The van der Waals surface area contributed by atoms with Gasteiger partial charge in [0, 0.05) is 120 Å². The van der Waals surface area contributed by atoms with Crippen molar-refractivity contribution < 1.29 is 60.3 Å². The zero-order chi connectivity index (χ0) is 70.6. The van der Waals surface area contributed by atoms with E-state index in [0.29, 0.717) is 133 Å². The van der Waals surface area contributed by atoms with Crippen LogP contribution in [0.25, 0.3) is 45.1 Å². The lowest BCUT2D eigenvalue weighted by atomic mass is 9.87. The molecule has 12 rings (SSSR count). The summed E-state index contributed by atoms with van der Waals surface area (Å²) in [5.41, 5.74) is 7.43. The number of carbonyl (C=O) groups excluding carboxylic acids is 2. The number of benzene rings is 2. The van der Waals surface area contributed by atoms with Crippen molar-refractivity contribution in [2.75, 3.05) is 79.0 Å². The second-order valence-corrected chi connectivity index (χ2v) is 57.1. The fourth-order valence-electron chi connectivity index (χ4n) is 14.4. The van der Waals surface area contributed by atoms with Crippen LogP contribution in [0.3, 0.4) is 0 Å². The fraction of sp³-hybridized carbons (Fsp3) is 0.694. The summed E-state index contributed by atoms with van der Waals surface area (Å²) >= 11 is 0. The number of ether oxygens (including phenoxy) is 6. The number of fused-ring (bicyclic) bond motifs is 6. The molecule has 0 amide bonds. The molecule has 2 aromatic carbocycles. The van der Waals surface area contributed by atoms with Crippen molar-refractivity contribution >= 4 is 65.9 Å². The summed E-state index contributed by atoms with van der Waals surface area (Å²) in [5, 5.41) is 8.69. The number of aromatic nitrogens is 8. The van der Waals surface area contributed by atoms with Gasteiger partial charge in [-0.25, -0.2) is 32.2 Å². The molecule has 18 nitrogen and oxygen atoms in total. The van der Waals surface area contributed by atoms with E-state index in [1.54, 1.807) is 16.7 Å². The summed E-state index contributed by atoms with van der Waals surface area (Å²) in [4.78, 5) is 40.5. The van der Waals surface area contributed by atoms with Crippen LogP contribution in [0.15, 0.2) is 12.1 Å². The number of hydrogen-bond acceptors (Lipinski definition) is 13. The number of H-pyrrole nitrogens is 1. The van der Waals surface area contributed by atoms with Gasteiger partial charge in [0.25, 0.3) is 6.73 Å². The summed E-state index contributed by atoms with van der Waals surface area (Å²) < 4.78 is 107. The molecule has 6 heterocycles. The van der Waals surface area contributed by atoms with Crippen LogP contribution in [-0.2, 0) is 103 Å². The van der Waals surface area contributed by atoms with Gasteiger partial charge in [-0.15, -0.1) is 0 Å². The van der Waals surface area contributed by atoms with Gasteiger partial charge in [-0.2, -0.15) is 10.2 Å². The van der Waals surface area contributed by atoms with Gasteiger partial charge >= 0.3 is 0 Å². The number of ketones is 2. The average molecular weight is 1430 g/mol. The Morgan fingerprint density at radius 3 is 1.63 bits per heavy atom. The molecular formula is C72H111F4N10O8Si4+. The van der Waals surface area contributed by atoms with Crippen molar-refractivity contribution in [2.45, 2.75) is 221 Å². The zero-order valence-electron chi connectivity index (χ0n) is 61.6. The maximum atomic E-state index is 16.3. The van der Waals surface area contributed by atoms with E-state index < -0.39 is 67.6 Å². The highest BCUT2D eigenvalue weighted by Gasteiger charge is 2.57. The van der Waals surface area contributed by atoms with E-state index in [9.17, 15) is 9.59 Å². The van der Waals surface area contributed by atoms with Gasteiger partial charge in [-0.1, -0.05) is 97.1 Å². The first-order valence-corrected chi connectivity index (χ1v) is 50.9. The summed E-state index contributed by atoms with van der Waals surface area (Å²) in [6, 6.07) is 6.37. The van der Waals surface area contributed by atoms with Gasteiger partial charge in [0.2, 0.25) is 5.69 Å². The molecule has 2 aliphatic heterocycles. The normalized spacial score (nSPS) is 22.0. The third-order valence-corrected chi connectivity index (χ3v) is 28.5. The van der Waals surface area contributed by atoms with Crippen LogP contribution >= 0.6 is 0 Å². The molecule has 6 atom stereocenters. The van der Waals surface area contributed by atoms with Crippen molar-refractivity contribution in [1.29, 1.82) is 0 Å². The molecule has 4 aliphatic carbocycles. The summed E-state index contributed by atoms with van der Waals surface area (Å²) in [7, 11) is -5.25. The predicted molar refractivity (Wildman–Crippen MR) is 385 cm³/mol. The zero-order valence-corrected chi connectivity index (χ0v) is 65.6. The first kappa shape index (κ1) is 74.6. The van der Waals surface area contributed by atoms with Crippen molar-refractivity contribution in [2.24, 2.45) is 22.7 Å². The molecular weight excluding hydrogens is 1320 g/mol. The predicted octanol–water partition coefficient (Wildman–Crippen LogP) is 12.9. The number of carbonyl (C=O) groups is 2. The van der Waals surface area contributed by atoms with Crippen molar-refractivity contribution in [3.8, 4) is 23.0 Å². The number of hydrogen-bond donors (Lipinski definition) is 1. The minimum Gasteiger partial charge on any atom is -0.379 e. The number of imidazole rings is 2. The quantitative estimate of drug-likeness (QED) is 0.0196. The Morgan fingerprint density at radius 1 is 0.612 bits per heavy atom. The van der Waals surface area contributed by atoms with Crippen LogP contribution in [0.1, 0.15) is 74.2 Å². The van der Waals surface area contributed by atoms with Gasteiger partial charge in [-0.3, -0.25) is 28.5 Å². The molecule has 0 spiro atoms. The largest absolute Gasteiger partial charge is 0.379 e. The average Bonchev–Trinajstić information content (AvgIpc) is 1.56. The first-order valence-electron chi connectivity index (χ1n) is 36.1. The summed E-state index contributed by atoms with van der Waals surface area (Å²) in [6.45, 7) is 44.3. The molecule has 4 aromatic heterocycles. The number of Topliss-reactive ketones (excluding diaryl/α,β-unsaturated/α-hetero) is 2. The topological polar surface area (TPSA) is 169 Å². The molecule has 98 heavy (non-hydrogen) atoms. The Kier molecular flexibility index (Phi) is 22.6. The Balaban J connectivity index is 0.000000198. The highest BCUT2D eigenvalue weighted by molar-refractivity contribution is 6.77. The third kappa shape index (κ3) is 17.4. The molecule has 1 N–H and O–H groups in total. The highest BCUT2D eigenvalue weighted by atomic mass is 28.3. The van der Waals surface area contributed by atoms with E-state index >= 15 is 17.6 Å². The second kappa shape index (κ2) is 29.6. The lowest BCUT2D eigenvalue weighted by Gasteiger charge is -2.31. The van der Waals surface area contributed by atoms with Crippen LogP contribution in [0.2, 0.25) is 103 Å². The number of nitrogens with one attached hydrogen (secondary N) is 1. The van der Waals surface area contributed by atoms with Gasteiger partial charge in [0.05, 0.1) is 61.7 Å². The molecule has 4 fully saturated rings. The smallest absolute Gasteiger partial charge is 0.276 e. The Hall–Kier alpha value is -4.59. The summed E-state index contributed by atoms with van der Waals surface area (Å²) in [6.07, 6.45) is 5.51. The van der Waals surface area contributed by atoms with Crippen LogP contribution in [0, 0.1) is 45.9 Å². The van der Waals surface area contributed by atoms with Gasteiger partial charge < -0.3 is 28.4 Å². The van der Waals surface area contributed by atoms with Crippen LogP contribution < -0.4 is 4.68 Å². The van der Waals surface area contributed by atoms with E-state index in [1.165, 1.54) is 17.7 Å². The molecule has 0 radical (unpaired) electrons. The monoisotopic (exact) mass is 1430 g/mol. The number of rotatable bonds is 30. The molecule has 0 unspecified atom stereocenters. The van der Waals surface area contributed by atoms with Crippen LogP contribution in [-0.4, -0.2) is 179 Å². The lowest BCUT2D eigenvalue weighted by Crippen LogP contribution is -2.46. The van der Waals surface area contributed by atoms with E-state index in [-0.39, 0.29) is 70.9 Å². The molecule has 2 saturated carbocycles. The van der Waals surface area contributed by atoms with E-state index in [0.717, 1.165) is 73.2 Å². The molecule has 540 valence electrons. The molecule has 6 aliphatic rings. The van der Waals surface area contributed by atoms with E-state index in [1.807, 2.05) is 32.9 Å². The van der Waals surface area contributed by atoms with Gasteiger partial charge in [-0.05, 0) is 105 Å². The molecule has 2 saturated heterocycles. The highest BCUT2D eigenvalue weighted by Crippen LogP contribution is 2.61. The Bertz CT molecular complexity index is 3780. The van der Waals surface area contributed by atoms with Crippen molar-refractivity contribution in [3.63, 3.8) is 0 Å². The lowest BCUT2D eigenvalue weighted by molar-refractivity contribution is -0.787. The van der Waals surface area contributed by atoms with E-state index in [4.69, 9.17) is 43.5 Å². The number of morpholine rings is 2. The van der Waals surface area contributed by atoms with Crippen LogP contribution in [0.5, 0.6) is 0 Å². The van der Waals surface area contributed by atoms with Crippen LogP contribution in [0.4, 0.5) is 17.6 Å². The minimum atomic E-state index is -1.38. The molecule has 0 bridgehead atoms. The second-order valence-electron chi connectivity index (χ2n) is 34.6. The fourth-order valence-corrected chi connectivity index (χ4v) is 17.4. The van der Waals surface area contributed by atoms with Crippen molar-refractivity contribution in [3.05, 3.63) is 69.0 Å². The van der Waals surface area contributed by atoms with Gasteiger partial charge in [0.1, 0.15) is 42.6 Å². The van der Waals surface area contributed by atoms with Gasteiger partial charge in [0.15, 0.2) is 46.5 Å². The number of aromatic amines is 1. The standard InChI is InChI=1S/2C36H55F2N5O4Si2/c1-24(41-9-11-45-12-10-41)30(44)18-25-17-28-34(32(38)31(25)37)39-35(42(28)22-46-13-15-48(3,4)5)33-27-19-26-20-36(26,2)21-29(27)43(40-33)23-47-14-16-49(6,7)8;1-24(41-9-11-45-12-10-41)30(44)18-25-17-28-34(32(38)31(25)37)42(22-46-13-15-48(3,4)5)35(39-28)33-27-19-26-20-36(26,2)21-29(27)43(40-33)23-47-14-16-49(6,7)8/h2*17,24,26H,9-16,18-23H2,1-8H3/p+1/t2*24-,26+,36+/m00/s1. The number of halogens is 4. The maximum Gasteiger partial charge on any atom is 0.276 e. The van der Waals surface area contributed by atoms with Crippen molar-refractivity contribution in [1.82, 2.24) is 43.8 Å². The SMILES string of the molecule is C[C@@H](C(=O)Cc1cc2c(nc(-c3[nH][n+](COCC[Si](C)(C)C)c4c3C[C@@H]3C[C@]3(C)C4)n2COCC[Si](C)(C)C)c(F)c1F)N1CCOCC1.C[C@@H](C(=O)Cc1cc2nc(-c3nn(COCC[Si](C)(C)C)c4c3C[C@@H]3C[C@]3(C)C4)n(COCC[Si](C)(C)C)c2c(F)c1F)N1CCOCC1. The molecule has 6 aromatic rings.